The minimum absolute atomic E-state index is 0.0501. The van der Waals surface area contributed by atoms with Gasteiger partial charge in [0.15, 0.2) is 9.84 Å². The summed E-state index contributed by atoms with van der Waals surface area (Å²) in [5, 5.41) is 0. The van der Waals surface area contributed by atoms with Crippen LogP contribution in [0.1, 0.15) is 26.0 Å². The van der Waals surface area contributed by atoms with Crippen LogP contribution in [0.5, 0.6) is 0 Å². The maximum atomic E-state index is 13.0. The van der Waals surface area contributed by atoms with Crippen molar-refractivity contribution in [3.05, 3.63) is 42.2 Å². The summed E-state index contributed by atoms with van der Waals surface area (Å²) < 4.78 is 25.7. The van der Waals surface area contributed by atoms with Crippen molar-refractivity contribution in [3.63, 3.8) is 0 Å². The first kappa shape index (κ1) is 18.2. The maximum absolute atomic E-state index is 13.0. The number of carbonyl (C=O) groups is 1. The Hall–Kier alpha value is -2.15. The van der Waals surface area contributed by atoms with Crippen molar-refractivity contribution in [2.45, 2.75) is 38.0 Å². The molecule has 0 bridgehead atoms. The van der Waals surface area contributed by atoms with E-state index in [0.717, 1.165) is 30.0 Å². The molecule has 2 aliphatic rings. The zero-order valence-electron chi connectivity index (χ0n) is 15.8. The van der Waals surface area contributed by atoms with Crippen molar-refractivity contribution in [1.29, 1.82) is 0 Å². The molecule has 6 nitrogen and oxygen atoms in total. The lowest BCUT2D eigenvalue weighted by Gasteiger charge is -2.39. The van der Waals surface area contributed by atoms with Crippen molar-refractivity contribution in [3.8, 4) is 11.4 Å². The molecule has 0 saturated carbocycles. The third kappa shape index (κ3) is 3.18. The lowest BCUT2D eigenvalue weighted by molar-refractivity contribution is -0.136. The Bertz CT molecular complexity index is 964. The number of hydrogen-bond donors (Lipinski definition) is 0. The van der Waals surface area contributed by atoms with Crippen LogP contribution < -0.4 is 0 Å². The number of imidazole rings is 1. The van der Waals surface area contributed by atoms with Gasteiger partial charge in [-0.25, -0.2) is 13.4 Å². The van der Waals surface area contributed by atoms with Gasteiger partial charge in [-0.1, -0.05) is 30.3 Å². The maximum Gasteiger partial charge on any atom is 0.226 e. The van der Waals surface area contributed by atoms with Crippen molar-refractivity contribution < 1.29 is 13.2 Å². The molecule has 7 heteroatoms. The first-order valence-electron chi connectivity index (χ1n) is 9.39. The van der Waals surface area contributed by atoms with E-state index in [1.54, 1.807) is 18.7 Å². The molecular weight excluding hydrogens is 362 g/mol. The number of carbonyl (C=O) groups excluding carboxylic acids is 1. The highest BCUT2D eigenvalue weighted by atomic mass is 32.2. The average Bonchev–Trinajstić information content (AvgIpc) is 3.07. The average molecular weight is 388 g/mol. The highest BCUT2D eigenvalue weighted by Crippen LogP contribution is 2.30. The monoisotopic (exact) mass is 387 g/mol. The molecule has 0 radical (unpaired) electrons. The van der Waals surface area contributed by atoms with Gasteiger partial charge in [0.2, 0.25) is 5.91 Å². The number of nitrogens with zero attached hydrogens (tertiary/aromatic N) is 3. The largest absolute Gasteiger partial charge is 0.340 e. The first-order valence-corrected chi connectivity index (χ1v) is 11.0. The molecule has 27 heavy (non-hydrogen) atoms. The van der Waals surface area contributed by atoms with Crippen LogP contribution >= 0.6 is 0 Å². The molecule has 0 aliphatic carbocycles. The van der Waals surface area contributed by atoms with Crippen LogP contribution in [0.3, 0.4) is 0 Å². The van der Waals surface area contributed by atoms with Gasteiger partial charge < -0.3 is 9.47 Å². The van der Waals surface area contributed by atoms with Crippen LogP contribution in [0.4, 0.5) is 0 Å². The summed E-state index contributed by atoms with van der Waals surface area (Å²) >= 11 is 0. The van der Waals surface area contributed by atoms with E-state index < -0.39 is 14.6 Å². The van der Waals surface area contributed by atoms with Gasteiger partial charge >= 0.3 is 0 Å². The van der Waals surface area contributed by atoms with E-state index in [1.165, 1.54) is 0 Å². The number of sulfone groups is 1. The van der Waals surface area contributed by atoms with Crippen LogP contribution in [0.15, 0.2) is 36.5 Å². The number of hydrogen-bond acceptors (Lipinski definition) is 4. The molecular formula is C20H25N3O3S. The Balaban J connectivity index is 1.51. The Kier molecular flexibility index (Phi) is 4.37. The molecule has 1 unspecified atom stereocenters. The van der Waals surface area contributed by atoms with E-state index in [1.807, 2.05) is 36.5 Å². The van der Waals surface area contributed by atoms with Gasteiger partial charge in [0.25, 0.3) is 0 Å². The molecule has 1 saturated heterocycles. The smallest absolute Gasteiger partial charge is 0.226 e. The predicted octanol–water partition coefficient (Wildman–Crippen LogP) is 2.15. The van der Waals surface area contributed by atoms with E-state index in [-0.39, 0.29) is 24.1 Å². The van der Waals surface area contributed by atoms with Gasteiger partial charge in [0, 0.05) is 49.4 Å². The Morgan fingerprint density at radius 3 is 2.63 bits per heavy atom. The molecule has 1 aromatic heterocycles. The van der Waals surface area contributed by atoms with Crippen molar-refractivity contribution in [1.82, 2.24) is 14.5 Å². The highest BCUT2D eigenvalue weighted by molar-refractivity contribution is 7.92. The Labute approximate surface area is 160 Å². The molecule has 2 aromatic rings. The van der Waals surface area contributed by atoms with Gasteiger partial charge in [0.1, 0.15) is 5.82 Å². The van der Waals surface area contributed by atoms with E-state index in [2.05, 4.69) is 9.55 Å². The molecule has 1 atom stereocenters. The van der Waals surface area contributed by atoms with Crippen molar-refractivity contribution in [2.75, 3.05) is 18.8 Å². The molecule has 4 rings (SSSR count). The number of fused-ring (bicyclic) bond motifs is 1. The van der Waals surface area contributed by atoms with E-state index in [9.17, 15) is 13.2 Å². The second-order valence-corrected chi connectivity index (χ2v) is 10.9. The molecule has 0 spiro atoms. The first-order chi connectivity index (χ1) is 12.8. The van der Waals surface area contributed by atoms with Gasteiger partial charge in [-0.2, -0.15) is 0 Å². The third-order valence-electron chi connectivity index (χ3n) is 5.83. The minimum atomic E-state index is -3.14. The normalized spacial score (nSPS) is 23.6. The molecule has 2 aliphatic heterocycles. The zero-order chi connectivity index (χ0) is 19.2. The van der Waals surface area contributed by atoms with Gasteiger partial charge in [-0.15, -0.1) is 0 Å². The molecule has 144 valence electrons. The van der Waals surface area contributed by atoms with E-state index >= 15 is 0 Å². The molecule has 3 heterocycles. The van der Waals surface area contributed by atoms with Crippen LogP contribution in [-0.4, -0.2) is 52.4 Å². The fraction of sp³-hybridized carbons (Fsp3) is 0.500. The van der Waals surface area contributed by atoms with Crippen LogP contribution in [0.25, 0.3) is 11.4 Å². The van der Waals surface area contributed by atoms with E-state index in [4.69, 9.17) is 0 Å². The predicted molar refractivity (Wildman–Crippen MR) is 104 cm³/mol. The summed E-state index contributed by atoms with van der Waals surface area (Å²) in [4.78, 5) is 19.4. The molecule has 1 amide bonds. The third-order valence-corrected chi connectivity index (χ3v) is 8.36. The SMILES string of the molecule is CC1(C)CN(C(=O)C2CCn3c(cnc3-c3ccccc3)C2)CCS1(=O)=O. The lowest BCUT2D eigenvalue weighted by atomic mass is 9.94. The summed E-state index contributed by atoms with van der Waals surface area (Å²) in [5.74, 6) is 0.969. The van der Waals surface area contributed by atoms with E-state index in [0.29, 0.717) is 13.0 Å². The number of amides is 1. The van der Waals surface area contributed by atoms with Crippen LogP contribution in [0.2, 0.25) is 0 Å². The summed E-state index contributed by atoms with van der Waals surface area (Å²) in [6.07, 6.45) is 3.28. The fourth-order valence-corrected chi connectivity index (χ4v) is 5.45. The highest BCUT2D eigenvalue weighted by Gasteiger charge is 2.43. The van der Waals surface area contributed by atoms with Crippen LogP contribution in [-0.2, 0) is 27.6 Å². The minimum Gasteiger partial charge on any atom is -0.340 e. The fourth-order valence-electron chi connectivity index (χ4n) is 4.08. The summed E-state index contributed by atoms with van der Waals surface area (Å²) in [6, 6.07) is 10.1. The molecule has 0 N–H and O–H groups in total. The second kappa shape index (κ2) is 6.48. The Morgan fingerprint density at radius 1 is 1.19 bits per heavy atom. The number of rotatable bonds is 2. The summed E-state index contributed by atoms with van der Waals surface area (Å²) in [6.45, 7) is 4.76. The van der Waals surface area contributed by atoms with Gasteiger partial charge in [0.05, 0.1) is 10.5 Å². The summed E-state index contributed by atoms with van der Waals surface area (Å²) in [5.41, 5.74) is 2.15. The second-order valence-electron chi connectivity index (χ2n) is 8.12. The quantitative estimate of drug-likeness (QED) is 0.792. The van der Waals surface area contributed by atoms with Gasteiger partial charge in [-0.3, -0.25) is 4.79 Å². The van der Waals surface area contributed by atoms with Crippen LogP contribution in [0, 0.1) is 5.92 Å². The number of aromatic nitrogens is 2. The molecule has 1 fully saturated rings. The van der Waals surface area contributed by atoms with Crippen molar-refractivity contribution >= 4 is 15.7 Å². The van der Waals surface area contributed by atoms with Gasteiger partial charge in [-0.05, 0) is 20.3 Å². The Morgan fingerprint density at radius 2 is 1.93 bits per heavy atom. The number of benzene rings is 1. The topological polar surface area (TPSA) is 72.3 Å². The lowest BCUT2D eigenvalue weighted by Crippen LogP contribution is -2.56. The standard InChI is InChI=1S/C20H25N3O3S/c1-20(2)14-22(10-11-27(20,25)26)19(24)16-8-9-23-17(12-16)13-21-18(23)15-6-4-3-5-7-15/h3-7,13,16H,8-12,14H2,1-2H3. The molecule has 1 aromatic carbocycles. The van der Waals surface area contributed by atoms with Crippen molar-refractivity contribution in [2.24, 2.45) is 5.92 Å². The zero-order valence-corrected chi connectivity index (χ0v) is 16.6. The summed E-state index contributed by atoms with van der Waals surface area (Å²) in [7, 11) is -3.14.